The Morgan fingerprint density at radius 2 is 1.78 bits per heavy atom. The molecule has 1 aliphatic rings. The molecule has 2 atom stereocenters. The lowest BCUT2D eigenvalue weighted by molar-refractivity contribution is -0.140. The number of thiophene rings is 1. The first-order valence-electron chi connectivity index (χ1n) is 11.0. The Balaban J connectivity index is 0.000000840. The van der Waals surface area contributed by atoms with Crippen molar-refractivity contribution < 1.29 is 27.9 Å². The van der Waals surface area contributed by atoms with E-state index in [1.807, 2.05) is 6.92 Å². The lowest BCUT2D eigenvalue weighted by atomic mass is 9.90. The van der Waals surface area contributed by atoms with Gasteiger partial charge in [0.1, 0.15) is 9.75 Å². The van der Waals surface area contributed by atoms with Crippen molar-refractivity contribution in [1.82, 2.24) is 10.0 Å². The van der Waals surface area contributed by atoms with Gasteiger partial charge >= 0.3 is 5.97 Å². The molecule has 192 valence electrons. The number of ether oxygens (including phenoxy) is 1. The summed E-state index contributed by atoms with van der Waals surface area (Å²) in [6.45, 7) is 2.76. The quantitative estimate of drug-likeness (QED) is 0.329. The molecule has 3 N–H and O–H groups in total. The third kappa shape index (κ3) is 5.63. The summed E-state index contributed by atoms with van der Waals surface area (Å²) in [6, 6.07) is 18.8. The summed E-state index contributed by atoms with van der Waals surface area (Å²) in [7, 11) is -2.47. The van der Waals surface area contributed by atoms with E-state index in [4.69, 9.17) is 11.6 Å². The predicted molar refractivity (Wildman–Crippen MR) is 140 cm³/mol. The van der Waals surface area contributed by atoms with E-state index in [0.717, 1.165) is 23.5 Å². The number of halogens is 1. The van der Waals surface area contributed by atoms with Crippen molar-refractivity contribution in [2.45, 2.75) is 28.5 Å². The van der Waals surface area contributed by atoms with E-state index in [9.17, 15) is 23.1 Å². The van der Waals surface area contributed by atoms with Crippen molar-refractivity contribution in [2.24, 2.45) is 0 Å². The number of amides is 1. The molecule has 0 aliphatic heterocycles. The van der Waals surface area contributed by atoms with Crippen LogP contribution in [-0.4, -0.2) is 51.7 Å². The molecular formula is C25H27ClN2O6S2. The van der Waals surface area contributed by atoms with Crippen LogP contribution in [0.5, 0.6) is 0 Å². The third-order valence-corrected chi connectivity index (χ3v) is 9.38. The number of hydrogen-bond donors (Lipinski definition) is 3. The first kappa shape index (κ1) is 27.8. The summed E-state index contributed by atoms with van der Waals surface area (Å²) in [5.41, 5.74) is -1.46. The SMILES string of the molecule is CCOC.O=CNCC1(c2ccccc2)CC1(NS(=O)(=O)c1ccc(-c2ccc(Cl)cc2)s1)C(=O)O. The molecule has 0 spiro atoms. The Kier molecular flexibility index (Phi) is 8.91. The van der Waals surface area contributed by atoms with Crippen LogP contribution in [0, 0.1) is 0 Å². The zero-order valence-electron chi connectivity index (χ0n) is 19.7. The first-order valence-corrected chi connectivity index (χ1v) is 13.7. The van der Waals surface area contributed by atoms with Gasteiger partial charge in [-0.1, -0.05) is 54.1 Å². The van der Waals surface area contributed by atoms with Crippen molar-refractivity contribution in [2.75, 3.05) is 20.3 Å². The fourth-order valence-electron chi connectivity index (χ4n) is 4.02. The highest BCUT2D eigenvalue weighted by atomic mass is 35.5. The highest BCUT2D eigenvalue weighted by molar-refractivity contribution is 7.91. The number of benzene rings is 2. The third-order valence-electron chi connectivity index (χ3n) is 6.01. The van der Waals surface area contributed by atoms with Crippen molar-refractivity contribution in [3.8, 4) is 10.4 Å². The molecule has 8 nitrogen and oxygen atoms in total. The maximum atomic E-state index is 13.2. The number of aliphatic carboxylic acids is 1. The van der Waals surface area contributed by atoms with Gasteiger partial charge in [0.2, 0.25) is 6.41 Å². The van der Waals surface area contributed by atoms with Crippen molar-refractivity contribution in [3.63, 3.8) is 0 Å². The van der Waals surface area contributed by atoms with E-state index in [0.29, 0.717) is 21.9 Å². The van der Waals surface area contributed by atoms with E-state index in [1.54, 1.807) is 67.8 Å². The molecule has 3 aromatic rings. The van der Waals surface area contributed by atoms with Crippen LogP contribution in [0.25, 0.3) is 10.4 Å². The second-order valence-electron chi connectivity index (χ2n) is 8.14. The van der Waals surface area contributed by atoms with Crippen molar-refractivity contribution in [3.05, 3.63) is 77.3 Å². The van der Waals surface area contributed by atoms with Crippen LogP contribution in [0.4, 0.5) is 0 Å². The number of nitrogens with one attached hydrogen (secondary N) is 2. The minimum Gasteiger partial charge on any atom is -0.480 e. The standard InChI is InChI=1S/C22H19ClN2O5S2.C3H8O/c23-17-8-6-15(7-9-17)18-10-11-19(31-18)32(29,30)25-22(20(27)28)12-21(22,13-24-14-26)16-4-2-1-3-5-16;1-3-4-2/h1-11,14,25H,12-13H2,(H,24,26)(H,27,28);3H2,1-2H3. The number of hydrogen-bond acceptors (Lipinski definition) is 6. The number of carbonyl (C=O) groups is 2. The van der Waals surface area contributed by atoms with Gasteiger partial charge in [-0.2, -0.15) is 4.72 Å². The summed E-state index contributed by atoms with van der Waals surface area (Å²) in [5, 5.41) is 13.2. The molecule has 1 amide bonds. The molecule has 1 aromatic heterocycles. The van der Waals surface area contributed by atoms with Gasteiger partial charge in [0.25, 0.3) is 10.0 Å². The smallest absolute Gasteiger partial charge is 0.325 e. The van der Waals surface area contributed by atoms with Crippen LogP contribution in [0.3, 0.4) is 0 Å². The molecule has 1 heterocycles. The van der Waals surface area contributed by atoms with E-state index in [2.05, 4.69) is 14.8 Å². The molecule has 0 radical (unpaired) electrons. The van der Waals surface area contributed by atoms with Crippen LogP contribution in [-0.2, 0) is 29.8 Å². The molecule has 0 bridgehead atoms. The van der Waals surface area contributed by atoms with Crippen molar-refractivity contribution in [1.29, 1.82) is 0 Å². The number of carbonyl (C=O) groups excluding carboxylic acids is 1. The maximum Gasteiger partial charge on any atom is 0.325 e. The highest BCUT2D eigenvalue weighted by Crippen LogP contribution is 2.58. The van der Waals surface area contributed by atoms with Gasteiger partial charge in [0.15, 0.2) is 0 Å². The second-order valence-corrected chi connectivity index (χ2v) is 11.6. The average Bonchev–Trinajstić information content (AvgIpc) is 3.24. The van der Waals surface area contributed by atoms with Gasteiger partial charge in [-0.05, 0) is 48.7 Å². The summed E-state index contributed by atoms with van der Waals surface area (Å²) in [5.74, 6) is -1.30. The van der Waals surface area contributed by atoms with Crippen molar-refractivity contribution >= 4 is 45.3 Å². The average molecular weight is 551 g/mol. The Hall–Kier alpha value is -2.76. The van der Waals surface area contributed by atoms with E-state index in [1.165, 1.54) is 6.07 Å². The number of rotatable bonds is 10. The van der Waals surface area contributed by atoms with Gasteiger partial charge < -0.3 is 15.2 Å². The van der Waals surface area contributed by atoms with Crippen LogP contribution >= 0.6 is 22.9 Å². The molecule has 1 fully saturated rings. The predicted octanol–water partition coefficient (Wildman–Crippen LogP) is 3.91. The van der Waals surface area contributed by atoms with Gasteiger partial charge in [0, 0.05) is 35.6 Å². The van der Waals surface area contributed by atoms with Gasteiger partial charge in [-0.25, -0.2) is 8.42 Å². The lowest BCUT2D eigenvalue weighted by Gasteiger charge is -2.24. The fraction of sp³-hybridized carbons (Fsp3) is 0.280. The zero-order chi connectivity index (χ0) is 26.4. The Bertz CT molecular complexity index is 1300. The molecule has 4 rings (SSSR count). The number of carboxylic acid groups (broad SMARTS) is 1. The monoisotopic (exact) mass is 550 g/mol. The van der Waals surface area contributed by atoms with Crippen LogP contribution in [0.15, 0.2) is 70.9 Å². The summed E-state index contributed by atoms with van der Waals surface area (Å²) in [4.78, 5) is 24.0. The largest absolute Gasteiger partial charge is 0.480 e. The molecule has 0 saturated heterocycles. The van der Waals surface area contributed by atoms with E-state index in [-0.39, 0.29) is 17.2 Å². The van der Waals surface area contributed by atoms with E-state index < -0.39 is 26.9 Å². The summed E-state index contributed by atoms with van der Waals surface area (Å²) in [6.07, 6.45) is 0.483. The molecule has 1 aliphatic carbocycles. The Morgan fingerprint density at radius 1 is 1.14 bits per heavy atom. The lowest BCUT2D eigenvalue weighted by Crippen LogP contribution is -2.51. The number of methoxy groups -OCH3 is 1. The summed E-state index contributed by atoms with van der Waals surface area (Å²) >= 11 is 6.95. The molecule has 1 saturated carbocycles. The molecular weight excluding hydrogens is 524 g/mol. The van der Waals surface area contributed by atoms with Gasteiger partial charge in [0.05, 0.1) is 0 Å². The van der Waals surface area contributed by atoms with Gasteiger partial charge in [-0.3, -0.25) is 9.59 Å². The minimum absolute atomic E-state index is 0.000262. The maximum absolute atomic E-state index is 13.2. The molecule has 11 heteroatoms. The minimum atomic E-state index is -4.15. The Labute approximate surface area is 219 Å². The summed E-state index contributed by atoms with van der Waals surface area (Å²) < 4.78 is 33.4. The molecule has 2 aromatic carbocycles. The number of carboxylic acids is 1. The number of sulfonamides is 1. The van der Waals surface area contributed by atoms with E-state index >= 15 is 0 Å². The van der Waals surface area contributed by atoms with Gasteiger partial charge in [-0.15, -0.1) is 11.3 Å². The van der Waals surface area contributed by atoms with Crippen LogP contribution < -0.4 is 10.0 Å². The van der Waals surface area contributed by atoms with Crippen LogP contribution in [0.1, 0.15) is 18.9 Å². The fourth-order valence-corrected chi connectivity index (χ4v) is 6.88. The first-order chi connectivity index (χ1) is 17.2. The normalized spacial score (nSPS) is 20.6. The molecule has 36 heavy (non-hydrogen) atoms. The topological polar surface area (TPSA) is 122 Å². The Morgan fingerprint density at radius 3 is 2.33 bits per heavy atom. The highest BCUT2D eigenvalue weighted by Gasteiger charge is 2.74. The second kappa shape index (κ2) is 11.5. The molecule has 2 unspecified atom stereocenters. The zero-order valence-corrected chi connectivity index (χ0v) is 22.1. The van der Waals surface area contributed by atoms with Crippen LogP contribution in [0.2, 0.25) is 5.02 Å².